The molecular weight excluding hydrogens is 386 g/mol. The number of likely N-dealkylation sites (tertiary alicyclic amines) is 1. The number of hydrogen-bond acceptors (Lipinski definition) is 4. The second-order valence-electron chi connectivity index (χ2n) is 9.00. The smallest absolute Gasteiger partial charge is 0.272 e. The van der Waals surface area contributed by atoms with Crippen molar-refractivity contribution in [3.8, 4) is 5.75 Å². The van der Waals surface area contributed by atoms with E-state index in [1.165, 1.54) is 49.0 Å². The highest BCUT2D eigenvalue weighted by Crippen LogP contribution is 2.28. The first-order chi connectivity index (χ1) is 15.1. The van der Waals surface area contributed by atoms with Crippen molar-refractivity contribution in [2.45, 2.75) is 64.5 Å². The van der Waals surface area contributed by atoms with Gasteiger partial charge in [-0.2, -0.15) is 0 Å². The van der Waals surface area contributed by atoms with Crippen molar-refractivity contribution in [2.24, 2.45) is 0 Å². The van der Waals surface area contributed by atoms with Gasteiger partial charge < -0.3 is 9.64 Å². The molecule has 1 aromatic carbocycles. The lowest BCUT2D eigenvalue weighted by atomic mass is 10.0. The third kappa shape index (κ3) is 5.45. The Labute approximate surface area is 186 Å². The highest BCUT2D eigenvalue weighted by Gasteiger charge is 2.29. The molecule has 1 unspecified atom stereocenters. The number of ether oxygens (including phenoxy) is 1. The van der Waals surface area contributed by atoms with Gasteiger partial charge in [0, 0.05) is 19.6 Å². The predicted octanol–water partition coefficient (Wildman–Crippen LogP) is 4.49. The zero-order chi connectivity index (χ0) is 21.6. The number of likely N-dealkylation sites (N-methyl/N-ethyl adjacent to an activating group) is 1. The van der Waals surface area contributed by atoms with Crippen LogP contribution in [0.4, 0.5) is 0 Å². The molecule has 1 fully saturated rings. The Morgan fingerprint density at radius 3 is 2.68 bits per heavy atom. The van der Waals surface area contributed by atoms with Crippen LogP contribution in [0.1, 0.15) is 66.2 Å². The molecule has 0 spiro atoms. The first-order valence-electron chi connectivity index (χ1n) is 11.8. The average molecular weight is 422 g/mol. The molecule has 0 radical (unpaired) electrons. The Hall–Kier alpha value is -2.40. The number of carbonyl (C=O) groups excluding carboxylic acids is 1. The van der Waals surface area contributed by atoms with Gasteiger partial charge in [-0.05, 0) is 74.0 Å². The van der Waals surface area contributed by atoms with E-state index in [2.05, 4.69) is 35.0 Å². The summed E-state index contributed by atoms with van der Waals surface area (Å²) in [5, 5.41) is 0. The van der Waals surface area contributed by atoms with Gasteiger partial charge in [0.2, 0.25) is 0 Å². The molecule has 0 saturated carbocycles. The zero-order valence-electron chi connectivity index (χ0n) is 19.0. The summed E-state index contributed by atoms with van der Waals surface area (Å²) in [6.07, 6.45) is 9.62. The lowest BCUT2D eigenvalue weighted by molar-refractivity contribution is 0.0731. The van der Waals surface area contributed by atoms with Crippen LogP contribution >= 0.6 is 0 Å². The summed E-state index contributed by atoms with van der Waals surface area (Å²) in [5.74, 6) is 0.702. The molecule has 5 nitrogen and oxygen atoms in total. The second kappa shape index (κ2) is 10.3. The molecule has 2 aromatic rings. The summed E-state index contributed by atoms with van der Waals surface area (Å²) >= 11 is 0. The van der Waals surface area contributed by atoms with Gasteiger partial charge in [-0.15, -0.1) is 0 Å². The Balaban J connectivity index is 1.35. The lowest BCUT2D eigenvalue weighted by Crippen LogP contribution is -2.38. The van der Waals surface area contributed by atoms with E-state index >= 15 is 0 Å². The van der Waals surface area contributed by atoms with Crippen molar-refractivity contribution in [1.29, 1.82) is 0 Å². The molecule has 1 saturated heterocycles. The van der Waals surface area contributed by atoms with Crippen molar-refractivity contribution in [1.82, 2.24) is 14.8 Å². The van der Waals surface area contributed by atoms with Gasteiger partial charge in [0.25, 0.3) is 5.91 Å². The number of benzene rings is 1. The minimum atomic E-state index is -0.0218. The van der Waals surface area contributed by atoms with Crippen LogP contribution in [0.2, 0.25) is 0 Å². The number of rotatable bonds is 8. The molecule has 1 atom stereocenters. The number of hydrogen-bond donors (Lipinski definition) is 0. The Morgan fingerprint density at radius 2 is 1.94 bits per heavy atom. The average Bonchev–Trinajstić information content (AvgIpc) is 3.23. The van der Waals surface area contributed by atoms with E-state index in [9.17, 15) is 4.79 Å². The third-order valence-corrected chi connectivity index (χ3v) is 6.63. The SMILES string of the molecule is CCCCOc1ccc(C(=O)N(C)C2Cc3ccc(CN4CCCCC4)cc3C2)nc1. The van der Waals surface area contributed by atoms with Crippen LogP contribution in [-0.4, -0.2) is 53.5 Å². The molecule has 2 heterocycles. The minimum Gasteiger partial charge on any atom is -0.492 e. The quantitative estimate of drug-likeness (QED) is 0.590. The predicted molar refractivity (Wildman–Crippen MR) is 123 cm³/mol. The Kier molecular flexibility index (Phi) is 7.23. The number of pyridine rings is 1. The van der Waals surface area contributed by atoms with Crippen LogP contribution in [0.5, 0.6) is 5.75 Å². The van der Waals surface area contributed by atoms with Crippen LogP contribution in [0.25, 0.3) is 0 Å². The monoisotopic (exact) mass is 421 g/mol. The molecule has 1 aliphatic heterocycles. The van der Waals surface area contributed by atoms with Gasteiger partial charge in [-0.25, -0.2) is 4.98 Å². The minimum absolute atomic E-state index is 0.0218. The van der Waals surface area contributed by atoms with E-state index in [-0.39, 0.29) is 11.9 Å². The van der Waals surface area contributed by atoms with E-state index in [4.69, 9.17) is 4.74 Å². The standard InChI is InChI=1S/C26H35N3O2/c1-3-4-14-31-24-10-11-25(27-18-24)26(30)28(2)23-16-21-9-8-20(15-22(21)17-23)19-29-12-6-5-7-13-29/h8-11,15,18,23H,3-7,12-14,16-17,19H2,1-2H3. The normalized spacial score (nSPS) is 18.6. The van der Waals surface area contributed by atoms with Crippen molar-refractivity contribution in [3.05, 3.63) is 58.9 Å². The zero-order valence-corrected chi connectivity index (χ0v) is 19.0. The van der Waals surface area contributed by atoms with E-state index in [0.717, 1.165) is 38.0 Å². The molecule has 31 heavy (non-hydrogen) atoms. The molecule has 1 aromatic heterocycles. The highest BCUT2D eigenvalue weighted by atomic mass is 16.5. The molecular formula is C26H35N3O2. The fraction of sp³-hybridized carbons (Fsp3) is 0.538. The first kappa shape index (κ1) is 21.8. The molecule has 1 aliphatic carbocycles. The highest BCUT2D eigenvalue weighted by molar-refractivity contribution is 5.92. The molecule has 5 heteroatoms. The Bertz CT molecular complexity index is 875. The van der Waals surface area contributed by atoms with Gasteiger partial charge in [-0.1, -0.05) is 38.0 Å². The van der Waals surface area contributed by atoms with Crippen molar-refractivity contribution in [3.63, 3.8) is 0 Å². The maximum atomic E-state index is 13.0. The number of amides is 1. The molecule has 1 amide bonds. The van der Waals surface area contributed by atoms with Gasteiger partial charge in [0.15, 0.2) is 0 Å². The van der Waals surface area contributed by atoms with E-state index in [1.807, 2.05) is 18.0 Å². The fourth-order valence-corrected chi connectivity index (χ4v) is 4.67. The third-order valence-electron chi connectivity index (χ3n) is 6.63. The van der Waals surface area contributed by atoms with Gasteiger partial charge >= 0.3 is 0 Å². The summed E-state index contributed by atoms with van der Waals surface area (Å²) in [4.78, 5) is 21.8. The number of carbonyl (C=O) groups is 1. The second-order valence-corrected chi connectivity index (χ2v) is 9.00. The lowest BCUT2D eigenvalue weighted by Gasteiger charge is -2.26. The summed E-state index contributed by atoms with van der Waals surface area (Å²) < 4.78 is 5.66. The van der Waals surface area contributed by atoms with Gasteiger partial charge in [-0.3, -0.25) is 9.69 Å². The van der Waals surface area contributed by atoms with E-state index in [1.54, 1.807) is 12.3 Å². The van der Waals surface area contributed by atoms with Crippen LogP contribution in [-0.2, 0) is 19.4 Å². The summed E-state index contributed by atoms with van der Waals surface area (Å²) in [7, 11) is 1.90. The maximum Gasteiger partial charge on any atom is 0.272 e. The molecule has 166 valence electrons. The number of fused-ring (bicyclic) bond motifs is 1. The van der Waals surface area contributed by atoms with Crippen LogP contribution in [0.15, 0.2) is 36.5 Å². The number of nitrogens with zero attached hydrogens (tertiary/aromatic N) is 3. The van der Waals surface area contributed by atoms with Gasteiger partial charge in [0.05, 0.1) is 12.8 Å². The number of aromatic nitrogens is 1. The van der Waals surface area contributed by atoms with Crippen LogP contribution in [0, 0.1) is 0 Å². The molecule has 0 N–H and O–H groups in total. The number of unbranched alkanes of at least 4 members (excludes halogenated alkanes) is 1. The molecule has 0 bridgehead atoms. The summed E-state index contributed by atoms with van der Waals surface area (Å²) in [6, 6.07) is 10.7. The van der Waals surface area contributed by atoms with Crippen molar-refractivity contribution < 1.29 is 9.53 Å². The first-order valence-corrected chi connectivity index (χ1v) is 11.8. The largest absolute Gasteiger partial charge is 0.492 e. The van der Waals surface area contributed by atoms with Crippen LogP contribution in [0.3, 0.4) is 0 Å². The van der Waals surface area contributed by atoms with E-state index in [0.29, 0.717) is 12.3 Å². The summed E-state index contributed by atoms with van der Waals surface area (Å²) in [6.45, 7) is 6.30. The van der Waals surface area contributed by atoms with E-state index < -0.39 is 0 Å². The fourth-order valence-electron chi connectivity index (χ4n) is 4.67. The van der Waals surface area contributed by atoms with Crippen molar-refractivity contribution in [2.75, 3.05) is 26.7 Å². The Morgan fingerprint density at radius 1 is 1.13 bits per heavy atom. The topological polar surface area (TPSA) is 45.7 Å². The van der Waals surface area contributed by atoms with Crippen LogP contribution < -0.4 is 4.74 Å². The maximum absolute atomic E-state index is 13.0. The van der Waals surface area contributed by atoms with Gasteiger partial charge in [0.1, 0.15) is 11.4 Å². The summed E-state index contributed by atoms with van der Waals surface area (Å²) in [5.41, 5.74) is 4.65. The molecule has 2 aliphatic rings. The molecule has 4 rings (SSSR count). The number of piperidine rings is 1. The van der Waals surface area contributed by atoms with Crippen molar-refractivity contribution >= 4 is 5.91 Å².